The molecule has 0 fully saturated rings. The van der Waals surface area contributed by atoms with Gasteiger partial charge in [0.2, 0.25) is 0 Å². The van der Waals surface area contributed by atoms with E-state index in [4.69, 9.17) is 22.1 Å². The van der Waals surface area contributed by atoms with Crippen LogP contribution in [0.4, 0.5) is 14.4 Å². The van der Waals surface area contributed by atoms with E-state index in [1.807, 2.05) is 0 Å². The largest absolute Gasteiger partial charge is 0.440 e. The molecule has 0 spiro atoms. The Morgan fingerprint density at radius 1 is 1.20 bits per heavy atom. The maximum absolute atomic E-state index is 11.1. The number of ether oxygens (including phenoxy) is 2. The smallest absolute Gasteiger partial charge is 0.416 e. The van der Waals surface area contributed by atoms with Gasteiger partial charge in [-0.2, -0.15) is 0 Å². The lowest BCUT2D eigenvalue weighted by atomic mass is 10.1. The van der Waals surface area contributed by atoms with E-state index in [-0.39, 0.29) is 6.54 Å². The first-order chi connectivity index (χ1) is 9.40. The van der Waals surface area contributed by atoms with Crippen molar-refractivity contribution in [2.75, 3.05) is 6.54 Å². The molecular formula is C11H12ClN3O5. The highest BCUT2D eigenvalue weighted by atomic mass is 35.5. The molecule has 0 bridgehead atoms. The Kier molecular flexibility index (Phi) is 5.60. The fourth-order valence-electron chi connectivity index (χ4n) is 1.40. The number of primary amides is 2. The molecule has 0 heterocycles. The molecule has 108 valence electrons. The van der Waals surface area contributed by atoms with Crippen LogP contribution in [0.5, 0.6) is 0 Å². The van der Waals surface area contributed by atoms with E-state index in [0.29, 0.717) is 10.6 Å². The molecule has 9 heteroatoms. The summed E-state index contributed by atoms with van der Waals surface area (Å²) in [5.41, 5.74) is 10.1. The highest BCUT2D eigenvalue weighted by molar-refractivity contribution is 6.31. The van der Waals surface area contributed by atoms with Gasteiger partial charge in [-0.1, -0.05) is 29.8 Å². The minimum Gasteiger partial charge on any atom is -0.440 e. The van der Waals surface area contributed by atoms with Gasteiger partial charge >= 0.3 is 18.3 Å². The first-order valence-corrected chi connectivity index (χ1v) is 5.73. The number of rotatable bonds is 4. The third-order valence-corrected chi connectivity index (χ3v) is 2.48. The molecule has 0 aliphatic heterocycles. The highest BCUT2D eigenvalue weighted by Crippen LogP contribution is 2.24. The maximum atomic E-state index is 11.1. The molecule has 5 N–H and O–H groups in total. The number of benzene rings is 1. The number of hydrogen-bond acceptors (Lipinski definition) is 5. The summed E-state index contributed by atoms with van der Waals surface area (Å²) in [6.45, 7) is -0.196. The second-order valence-electron chi connectivity index (χ2n) is 3.54. The Bertz CT molecular complexity index is 523. The van der Waals surface area contributed by atoms with E-state index in [9.17, 15) is 14.4 Å². The Morgan fingerprint density at radius 2 is 1.85 bits per heavy atom. The third kappa shape index (κ3) is 5.02. The number of nitrogens with two attached hydrogens (primary N) is 2. The van der Waals surface area contributed by atoms with Crippen LogP contribution in [0.1, 0.15) is 11.7 Å². The molecule has 0 unspecified atom stereocenters. The van der Waals surface area contributed by atoms with Crippen LogP contribution in [-0.2, 0) is 9.47 Å². The van der Waals surface area contributed by atoms with Gasteiger partial charge in [-0.3, -0.25) is 0 Å². The van der Waals surface area contributed by atoms with Crippen molar-refractivity contribution in [3.8, 4) is 0 Å². The van der Waals surface area contributed by atoms with E-state index in [2.05, 4.69) is 15.8 Å². The summed E-state index contributed by atoms with van der Waals surface area (Å²) in [7, 11) is 0. The zero-order valence-electron chi connectivity index (χ0n) is 10.2. The van der Waals surface area contributed by atoms with E-state index >= 15 is 0 Å². The van der Waals surface area contributed by atoms with Gasteiger partial charge in [-0.05, 0) is 6.07 Å². The average Bonchev–Trinajstić information content (AvgIpc) is 2.34. The zero-order valence-corrected chi connectivity index (χ0v) is 10.9. The van der Waals surface area contributed by atoms with E-state index < -0.39 is 24.4 Å². The summed E-state index contributed by atoms with van der Waals surface area (Å²) in [5.74, 6) is 0. The van der Waals surface area contributed by atoms with Crippen molar-refractivity contribution in [1.82, 2.24) is 5.32 Å². The number of alkyl carbamates (subject to hydrolysis) is 1. The molecule has 1 atom stereocenters. The van der Waals surface area contributed by atoms with E-state index in [0.717, 1.165) is 0 Å². The predicted octanol–water partition coefficient (Wildman–Crippen LogP) is 1.28. The molecule has 1 aromatic carbocycles. The van der Waals surface area contributed by atoms with Gasteiger partial charge in [-0.25, -0.2) is 14.4 Å². The minimum atomic E-state index is -1.26. The molecule has 0 aliphatic rings. The molecule has 0 saturated heterocycles. The number of hydrogen-bond donors (Lipinski definition) is 3. The van der Waals surface area contributed by atoms with Crippen molar-refractivity contribution in [3.05, 3.63) is 34.9 Å². The number of carbonyl (C=O) groups excluding carboxylic acids is 3. The zero-order chi connectivity index (χ0) is 15.1. The quantitative estimate of drug-likeness (QED) is 0.720. The normalized spacial score (nSPS) is 11.2. The van der Waals surface area contributed by atoms with Crippen LogP contribution in [0.2, 0.25) is 5.02 Å². The molecule has 1 aromatic rings. The topological polar surface area (TPSA) is 134 Å². The van der Waals surface area contributed by atoms with Gasteiger partial charge in [0.25, 0.3) is 0 Å². The lowest BCUT2D eigenvalue weighted by Gasteiger charge is -2.18. The Hall–Kier alpha value is -2.48. The van der Waals surface area contributed by atoms with Crippen LogP contribution in [-0.4, -0.2) is 24.8 Å². The predicted molar refractivity (Wildman–Crippen MR) is 68.9 cm³/mol. The van der Waals surface area contributed by atoms with Crippen LogP contribution in [0, 0.1) is 0 Å². The van der Waals surface area contributed by atoms with Crippen molar-refractivity contribution < 1.29 is 23.9 Å². The molecule has 0 saturated carbocycles. The van der Waals surface area contributed by atoms with Gasteiger partial charge in [0.15, 0.2) is 0 Å². The molecule has 20 heavy (non-hydrogen) atoms. The lowest BCUT2D eigenvalue weighted by molar-refractivity contribution is 0.102. The van der Waals surface area contributed by atoms with Crippen molar-refractivity contribution in [2.45, 2.75) is 6.10 Å². The average molecular weight is 302 g/mol. The summed E-state index contributed by atoms with van der Waals surface area (Å²) in [6, 6.07) is 6.52. The van der Waals surface area contributed by atoms with Crippen LogP contribution in [0.3, 0.4) is 0 Å². The maximum Gasteiger partial charge on any atom is 0.416 e. The van der Waals surface area contributed by atoms with Gasteiger partial charge in [-0.15, -0.1) is 0 Å². The molecular weight excluding hydrogens is 290 g/mol. The van der Waals surface area contributed by atoms with Gasteiger partial charge in [0.05, 0.1) is 6.54 Å². The highest BCUT2D eigenvalue weighted by Gasteiger charge is 2.19. The number of amides is 3. The molecule has 3 amide bonds. The number of carbonyl (C=O) groups is 3. The Balaban J connectivity index is 2.75. The summed E-state index contributed by atoms with van der Waals surface area (Å²) < 4.78 is 8.90. The van der Waals surface area contributed by atoms with Crippen LogP contribution in [0.25, 0.3) is 0 Å². The molecule has 1 rings (SSSR count). The first-order valence-electron chi connectivity index (χ1n) is 5.35. The second kappa shape index (κ2) is 7.19. The van der Waals surface area contributed by atoms with Crippen LogP contribution >= 0.6 is 11.6 Å². The SMILES string of the molecule is NC(=O)OC(=O)NC[C@H](OC(N)=O)c1ccccc1Cl. The molecule has 8 nitrogen and oxygen atoms in total. The first kappa shape index (κ1) is 15.6. The fourth-order valence-corrected chi connectivity index (χ4v) is 1.65. The van der Waals surface area contributed by atoms with Gasteiger partial charge in [0.1, 0.15) is 6.10 Å². The van der Waals surface area contributed by atoms with Crippen LogP contribution < -0.4 is 16.8 Å². The summed E-state index contributed by atoms with van der Waals surface area (Å²) >= 11 is 5.95. The van der Waals surface area contributed by atoms with E-state index in [1.165, 1.54) is 0 Å². The number of nitrogens with one attached hydrogen (secondary N) is 1. The van der Waals surface area contributed by atoms with Crippen LogP contribution in [0.15, 0.2) is 24.3 Å². The minimum absolute atomic E-state index is 0.196. The van der Waals surface area contributed by atoms with Crippen molar-refractivity contribution in [2.24, 2.45) is 11.5 Å². The standard InChI is InChI=1S/C11H12ClN3O5/c12-7-4-2-1-3-6(7)8(19-9(13)16)5-15-11(18)20-10(14)17/h1-4,8H,5H2,(H2,13,16)(H2,14,17)(H,15,18)/t8-/m0/s1. The summed E-state index contributed by atoms with van der Waals surface area (Å²) in [5, 5.41) is 2.51. The molecule has 0 radical (unpaired) electrons. The van der Waals surface area contributed by atoms with Crippen molar-refractivity contribution >= 4 is 29.9 Å². The monoisotopic (exact) mass is 301 g/mol. The molecule has 0 aliphatic carbocycles. The Morgan fingerprint density at radius 3 is 2.40 bits per heavy atom. The molecule has 0 aromatic heterocycles. The van der Waals surface area contributed by atoms with E-state index in [1.54, 1.807) is 24.3 Å². The van der Waals surface area contributed by atoms with Crippen molar-refractivity contribution in [3.63, 3.8) is 0 Å². The second-order valence-corrected chi connectivity index (χ2v) is 3.94. The van der Waals surface area contributed by atoms with Gasteiger partial charge in [0, 0.05) is 10.6 Å². The summed E-state index contributed by atoms with van der Waals surface area (Å²) in [6.07, 6.45) is -4.31. The lowest BCUT2D eigenvalue weighted by Crippen LogP contribution is -2.34. The van der Waals surface area contributed by atoms with Gasteiger partial charge < -0.3 is 26.3 Å². The summed E-state index contributed by atoms with van der Waals surface area (Å²) in [4.78, 5) is 32.3. The number of halogens is 1. The Labute approximate surface area is 119 Å². The van der Waals surface area contributed by atoms with Crippen molar-refractivity contribution in [1.29, 1.82) is 0 Å². The third-order valence-electron chi connectivity index (χ3n) is 2.14. The fraction of sp³-hybridized carbons (Fsp3) is 0.182.